The fraction of sp³-hybridized carbons (Fsp3) is 0.824. The number of carbonyl (C=O) groups is 3. The summed E-state index contributed by atoms with van der Waals surface area (Å²) in [5.74, 6) is -2.61. The molecule has 0 aliphatic carbocycles. The second-order valence-corrected chi connectivity index (χ2v) is 7.06. The normalized spacial score (nSPS) is 15.4. The van der Waals surface area contributed by atoms with Crippen molar-refractivity contribution in [3.63, 3.8) is 0 Å². The zero-order valence-electron chi connectivity index (χ0n) is 16.6. The fourth-order valence-electron chi connectivity index (χ4n) is 1.93. The number of carboxylic acids is 2. The molecule has 0 bridgehead atoms. The molecule has 10 nitrogen and oxygen atoms in total. The van der Waals surface area contributed by atoms with Crippen LogP contribution < -0.4 is 11.1 Å². The van der Waals surface area contributed by atoms with Crippen LogP contribution in [0.5, 0.6) is 0 Å². The van der Waals surface area contributed by atoms with Crippen LogP contribution in [0.3, 0.4) is 0 Å². The first kappa shape index (κ1) is 27.3. The second-order valence-electron chi connectivity index (χ2n) is 7.06. The molecule has 4 atom stereocenters. The summed E-state index contributed by atoms with van der Waals surface area (Å²) < 4.78 is 4.99. The smallest absolute Gasteiger partial charge is 0.407 e. The van der Waals surface area contributed by atoms with Gasteiger partial charge in [0.1, 0.15) is 5.60 Å². The van der Waals surface area contributed by atoms with Crippen LogP contribution in [0.15, 0.2) is 0 Å². The molecule has 0 fully saturated rings. The van der Waals surface area contributed by atoms with E-state index in [0.717, 1.165) is 6.42 Å². The average molecular weight is 394 g/mol. The number of alkyl carbamates (subject to hydrolysis) is 1. The van der Waals surface area contributed by atoms with Crippen molar-refractivity contribution in [2.75, 3.05) is 0 Å². The van der Waals surface area contributed by atoms with E-state index in [1.165, 1.54) is 0 Å². The highest BCUT2D eigenvalue weighted by Gasteiger charge is 2.28. The molecular weight excluding hydrogens is 360 g/mol. The van der Waals surface area contributed by atoms with E-state index in [2.05, 4.69) is 5.32 Å². The summed E-state index contributed by atoms with van der Waals surface area (Å²) in [7, 11) is 0. The number of aliphatic hydroxyl groups excluding tert-OH is 2. The monoisotopic (exact) mass is 394 g/mol. The van der Waals surface area contributed by atoms with Gasteiger partial charge in [0.05, 0.1) is 6.04 Å². The Morgan fingerprint density at radius 2 is 1.41 bits per heavy atom. The minimum atomic E-state index is -1.62. The number of ether oxygens (including phenoxy) is 1. The molecule has 4 unspecified atom stereocenters. The topological polar surface area (TPSA) is 179 Å². The van der Waals surface area contributed by atoms with Crippen molar-refractivity contribution in [2.45, 2.75) is 90.2 Å². The zero-order chi connectivity index (χ0) is 21.8. The van der Waals surface area contributed by atoms with Gasteiger partial charge in [-0.1, -0.05) is 26.7 Å². The maximum atomic E-state index is 11.4. The Hall–Kier alpha value is -1.91. The van der Waals surface area contributed by atoms with Crippen LogP contribution in [-0.2, 0) is 14.3 Å². The average Bonchev–Trinajstić information content (AvgIpc) is 2.51. The van der Waals surface area contributed by atoms with E-state index in [9.17, 15) is 19.5 Å². The molecular formula is C17H34N2O8. The molecule has 0 aliphatic heterocycles. The van der Waals surface area contributed by atoms with Gasteiger partial charge >= 0.3 is 18.0 Å². The second kappa shape index (κ2) is 13.3. The van der Waals surface area contributed by atoms with Gasteiger partial charge in [-0.25, -0.2) is 14.4 Å². The Morgan fingerprint density at radius 1 is 0.963 bits per heavy atom. The number of amides is 1. The molecule has 0 saturated heterocycles. The van der Waals surface area contributed by atoms with Crippen molar-refractivity contribution >= 4 is 18.0 Å². The van der Waals surface area contributed by atoms with Gasteiger partial charge in [0.15, 0.2) is 12.2 Å². The Kier molecular flexibility index (Phi) is 13.4. The minimum absolute atomic E-state index is 0.368. The van der Waals surface area contributed by atoms with Gasteiger partial charge in [-0.3, -0.25) is 0 Å². The number of hydrogen-bond acceptors (Lipinski definition) is 7. The first-order valence-corrected chi connectivity index (χ1v) is 8.83. The molecule has 0 spiro atoms. The molecule has 0 heterocycles. The highest BCUT2D eigenvalue weighted by Crippen LogP contribution is 2.09. The van der Waals surface area contributed by atoms with E-state index in [-0.39, 0.29) is 0 Å². The van der Waals surface area contributed by atoms with Crippen LogP contribution in [0.1, 0.15) is 60.3 Å². The van der Waals surface area contributed by atoms with E-state index >= 15 is 0 Å². The molecule has 160 valence electrons. The van der Waals surface area contributed by atoms with Crippen molar-refractivity contribution in [1.29, 1.82) is 0 Å². The molecule has 0 rings (SSSR count). The van der Waals surface area contributed by atoms with Gasteiger partial charge in [0, 0.05) is 6.04 Å². The molecule has 1 amide bonds. The number of carboxylic acid groups (broad SMARTS) is 2. The number of nitrogens with one attached hydrogen (secondary N) is 1. The van der Waals surface area contributed by atoms with E-state index in [1.807, 2.05) is 13.8 Å². The summed E-state index contributed by atoms with van der Waals surface area (Å²) in [6, 6.07) is -1.48. The predicted molar refractivity (Wildman–Crippen MR) is 98.2 cm³/mol. The van der Waals surface area contributed by atoms with Crippen molar-refractivity contribution in [2.24, 2.45) is 5.73 Å². The predicted octanol–water partition coefficient (Wildman–Crippen LogP) is 0.685. The number of rotatable bonds is 9. The summed E-state index contributed by atoms with van der Waals surface area (Å²) in [6.07, 6.45) is -1.44. The lowest BCUT2D eigenvalue weighted by molar-refractivity contribution is -0.148. The quantitative estimate of drug-likeness (QED) is 0.328. The molecule has 0 aliphatic rings. The van der Waals surface area contributed by atoms with E-state index in [0.29, 0.717) is 19.3 Å². The van der Waals surface area contributed by atoms with Crippen molar-refractivity contribution in [1.82, 2.24) is 5.32 Å². The standard InChI is InChI=1S/C11H21NO5.C6H13NO3/c1-5-6-7(8(13)9(14)15)12-10(16)17-11(2,3)4;1-2-3-4(7)5(8)6(9)10/h7-8,13H,5-6H2,1-4H3,(H,12,16)(H,14,15);4-5,8H,2-3,7H2,1H3,(H,9,10). The van der Waals surface area contributed by atoms with Crippen LogP contribution >= 0.6 is 0 Å². The molecule has 0 aromatic rings. The van der Waals surface area contributed by atoms with Crippen LogP contribution in [0.25, 0.3) is 0 Å². The van der Waals surface area contributed by atoms with Gasteiger partial charge in [0.25, 0.3) is 0 Å². The maximum absolute atomic E-state index is 11.4. The minimum Gasteiger partial charge on any atom is -0.479 e. The first-order valence-electron chi connectivity index (χ1n) is 8.83. The van der Waals surface area contributed by atoms with Crippen LogP contribution in [-0.4, -0.2) is 68.4 Å². The van der Waals surface area contributed by atoms with Gasteiger partial charge in [-0.2, -0.15) is 0 Å². The number of hydrogen-bond donors (Lipinski definition) is 6. The molecule has 27 heavy (non-hydrogen) atoms. The molecule has 10 heteroatoms. The maximum Gasteiger partial charge on any atom is 0.407 e. The third-order valence-corrected chi connectivity index (χ3v) is 3.22. The molecule has 0 aromatic heterocycles. The third-order valence-electron chi connectivity index (χ3n) is 3.22. The van der Waals surface area contributed by atoms with Crippen molar-refractivity contribution in [3.05, 3.63) is 0 Å². The molecule has 0 saturated carbocycles. The zero-order valence-corrected chi connectivity index (χ0v) is 16.6. The lowest BCUT2D eigenvalue weighted by Gasteiger charge is -2.24. The summed E-state index contributed by atoms with van der Waals surface area (Å²) in [4.78, 5) is 32.2. The SMILES string of the molecule is CCCC(N)C(O)C(=O)O.CCCC(NC(=O)OC(C)(C)C)C(O)C(=O)O. The van der Waals surface area contributed by atoms with Gasteiger partial charge in [-0.05, 0) is 33.6 Å². The summed E-state index contributed by atoms with van der Waals surface area (Å²) >= 11 is 0. The van der Waals surface area contributed by atoms with Crippen LogP contribution in [0.2, 0.25) is 0 Å². The summed E-state index contributed by atoms with van der Waals surface area (Å²) in [5.41, 5.74) is 4.64. The van der Waals surface area contributed by atoms with E-state index in [1.54, 1.807) is 20.8 Å². The number of aliphatic hydroxyl groups is 2. The highest BCUT2D eigenvalue weighted by molar-refractivity contribution is 5.75. The molecule has 0 aromatic carbocycles. The Bertz CT molecular complexity index is 464. The molecule has 0 radical (unpaired) electrons. The fourth-order valence-corrected chi connectivity index (χ4v) is 1.93. The first-order chi connectivity index (χ1) is 12.3. The lowest BCUT2D eigenvalue weighted by atomic mass is 10.1. The van der Waals surface area contributed by atoms with Crippen LogP contribution in [0, 0.1) is 0 Å². The van der Waals surface area contributed by atoms with Crippen LogP contribution in [0.4, 0.5) is 4.79 Å². The highest BCUT2D eigenvalue weighted by atomic mass is 16.6. The Balaban J connectivity index is 0. The largest absolute Gasteiger partial charge is 0.479 e. The Labute approximate surface area is 159 Å². The summed E-state index contributed by atoms with van der Waals surface area (Å²) in [5, 5.41) is 37.5. The third kappa shape index (κ3) is 13.9. The number of carbonyl (C=O) groups excluding carboxylic acids is 1. The van der Waals surface area contributed by atoms with Gasteiger partial charge < -0.3 is 36.2 Å². The molecule has 7 N–H and O–H groups in total. The van der Waals surface area contributed by atoms with E-state index < -0.39 is 47.9 Å². The van der Waals surface area contributed by atoms with Crippen molar-refractivity contribution in [3.8, 4) is 0 Å². The summed E-state index contributed by atoms with van der Waals surface area (Å²) in [6.45, 7) is 8.83. The van der Waals surface area contributed by atoms with Crippen molar-refractivity contribution < 1.29 is 39.5 Å². The lowest BCUT2D eigenvalue weighted by Crippen LogP contribution is -2.48. The van der Waals surface area contributed by atoms with E-state index in [4.69, 9.17) is 25.8 Å². The number of nitrogens with two attached hydrogens (primary N) is 1. The Morgan fingerprint density at radius 3 is 1.74 bits per heavy atom. The van der Waals surface area contributed by atoms with Gasteiger partial charge in [0.2, 0.25) is 0 Å². The number of aliphatic carboxylic acids is 2. The van der Waals surface area contributed by atoms with Gasteiger partial charge in [-0.15, -0.1) is 0 Å².